The van der Waals surface area contributed by atoms with Crippen LogP contribution in [-0.2, 0) is 4.74 Å². The number of rotatable bonds is 6. The first-order valence-corrected chi connectivity index (χ1v) is 11.3. The third-order valence-electron chi connectivity index (χ3n) is 5.80. The van der Waals surface area contributed by atoms with Gasteiger partial charge in [0.1, 0.15) is 11.9 Å². The van der Waals surface area contributed by atoms with Crippen LogP contribution in [0.2, 0.25) is 10.0 Å². The molecule has 2 aromatic rings. The van der Waals surface area contributed by atoms with Gasteiger partial charge < -0.3 is 24.4 Å². The number of halogens is 2. The molecule has 2 heterocycles. The Morgan fingerprint density at radius 1 is 1.10 bits per heavy atom. The number of aromatic carboxylic acids is 1. The van der Waals surface area contributed by atoms with Crippen molar-refractivity contribution in [3.63, 3.8) is 0 Å². The van der Waals surface area contributed by atoms with Gasteiger partial charge in [-0.3, -0.25) is 0 Å². The number of carbonyl (C=O) groups is 1. The fourth-order valence-electron chi connectivity index (χ4n) is 4.22. The number of carboxylic acids is 1. The third-order valence-corrected chi connectivity index (χ3v) is 6.54. The summed E-state index contributed by atoms with van der Waals surface area (Å²) < 4.78 is 12.1. The Hall–Kier alpha value is -1.99. The van der Waals surface area contributed by atoms with Crippen LogP contribution in [-0.4, -0.2) is 67.5 Å². The predicted molar refractivity (Wildman–Crippen MR) is 122 cm³/mol. The summed E-state index contributed by atoms with van der Waals surface area (Å²) in [4.78, 5) is 16.1. The van der Waals surface area contributed by atoms with Gasteiger partial charge in [0.25, 0.3) is 0 Å². The van der Waals surface area contributed by atoms with Crippen LogP contribution >= 0.6 is 23.2 Å². The minimum Gasteiger partial charge on any atom is -0.490 e. The second-order valence-electron chi connectivity index (χ2n) is 7.95. The average molecular weight is 465 g/mol. The van der Waals surface area contributed by atoms with E-state index in [4.69, 9.17) is 32.7 Å². The largest absolute Gasteiger partial charge is 0.490 e. The Morgan fingerprint density at radius 2 is 1.87 bits per heavy atom. The summed E-state index contributed by atoms with van der Waals surface area (Å²) >= 11 is 12.0. The highest BCUT2D eigenvalue weighted by Crippen LogP contribution is 2.28. The van der Waals surface area contributed by atoms with Crippen molar-refractivity contribution in [2.24, 2.45) is 0 Å². The molecule has 4 rings (SSSR count). The van der Waals surface area contributed by atoms with Crippen LogP contribution in [0.25, 0.3) is 0 Å². The molecule has 2 saturated heterocycles. The average Bonchev–Trinajstić information content (AvgIpc) is 2.78. The Balaban J connectivity index is 1.28. The highest BCUT2D eigenvalue weighted by molar-refractivity contribution is 6.42. The van der Waals surface area contributed by atoms with Crippen LogP contribution < -0.4 is 9.64 Å². The molecule has 166 valence electrons. The Morgan fingerprint density at radius 3 is 2.61 bits per heavy atom. The van der Waals surface area contributed by atoms with Crippen LogP contribution in [0, 0.1) is 0 Å². The number of para-hydroxylation sites is 1. The second-order valence-corrected chi connectivity index (χ2v) is 8.77. The van der Waals surface area contributed by atoms with Crippen LogP contribution in [0.15, 0.2) is 42.5 Å². The summed E-state index contributed by atoms with van der Waals surface area (Å²) in [5.74, 6) is -0.154. The maximum Gasteiger partial charge on any atom is 0.337 e. The number of hydrogen-bond acceptors (Lipinski definition) is 5. The van der Waals surface area contributed by atoms with E-state index in [1.165, 1.54) is 0 Å². The maximum atomic E-state index is 11.6. The lowest BCUT2D eigenvalue weighted by Gasteiger charge is -2.39. The van der Waals surface area contributed by atoms with Crippen molar-refractivity contribution in [1.29, 1.82) is 0 Å². The molecule has 0 bridgehead atoms. The van der Waals surface area contributed by atoms with Crippen molar-refractivity contribution < 1.29 is 19.4 Å². The molecule has 0 spiro atoms. The summed E-state index contributed by atoms with van der Waals surface area (Å²) in [6, 6.07) is 12.5. The highest BCUT2D eigenvalue weighted by atomic mass is 35.5. The van der Waals surface area contributed by atoms with Crippen molar-refractivity contribution >= 4 is 34.9 Å². The molecule has 0 aromatic heterocycles. The molecule has 0 unspecified atom stereocenters. The summed E-state index contributed by atoms with van der Waals surface area (Å²) in [6.45, 7) is 4.65. The van der Waals surface area contributed by atoms with Crippen LogP contribution in [0.3, 0.4) is 0 Å². The lowest BCUT2D eigenvalue weighted by Crippen LogP contribution is -2.50. The summed E-state index contributed by atoms with van der Waals surface area (Å²) in [7, 11) is 0. The number of benzene rings is 2. The fraction of sp³-hybridized carbons (Fsp3) is 0.435. The van der Waals surface area contributed by atoms with E-state index in [2.05, 4.69) is 9.80 Å². The number of carboxylic acid groups (broad SMARTS) is 1. The SMILES string of the molecule is O=C(O)c1ccccc1N1CCO[C@@H](CN2CCC(Oc3ccc(Cl)c(Cl)c3)CC2)C1. The Bertz CT molecular complexity index is 918. The van der Waals surface area contributed by atoms with E-state index in [-0.39, 0.29) is 12.2 Å². The minimum absolute atomic E-state index is 0.0446. The monoisotopic (exact) mass is 464 g/mol. The molecule has 0 saturated carbocycles. The molecular formula is C23H26Cl2N2O4. The first-order valence-electron chi connectivity index (χ1n) is 10.5. The lowest BCUT2D eigenvalue weighted by molar-refractivity contribution is 0.00273. The molecule has 2 aliphatic heterocycles. The molecule has 0 amide bonds. The van der Waals surface area contributed by atoms with Crippen molar-refractivity contribution in [2.75, 3.05) is 44.2 Å². The standard InChI is InChI=1S/C23H26Cl2N2O4/c24-20-6-5-17(13-21(20)25)31-16-7-9-26(10-8-16)14-18-15-27(11-12-30-18)22-4-2-1-3-19(22)23(28)29/h1-6,13,16,18H,7-12,14-15H2,(H,28,29)/t18-/m0/s1. The Kier molecular flexibility index (Phi) is 7.23. The highest BCUT2D eigenvalue weighted by Gasteiger charge is 2.28. The van der Waals surface area contributed by atoms with E-state index in [9.17, 15) is 9.90 Å². The van der Waals surface area contributed by atoms with Gasteiger partial charge in [0.05, 0.1) is 34.0 Å². The third kappa shape index (κ3) is 5.63. The van der Waals surface area contributed by atoms with Gasteiger partial charge in [-0.15, -0.1) is 0 Å². The van der Waals surface area contributed by atoms with E-state index in [1.54, 1.807) is 24.3 Å². The first-order chi connectivity index (χ1) is 15.0. The number of nitrogens with zero attached hydrogens (tertiary/aromatic N) is 2. The minimum atomic E-state index is -0.900. The quantitative estimate of drug-likeness (QED) is 0.681. The van der Waals surface area contributed by atoms with E-state index in [0.29, 0.717) is 35.3 Å². The number of morpholine rings is 1. The van der Waals surface area contributed by atoms with Crippen molar-refractivity contribution in [3.8, 4) is 5.75 Å². The maximum absolute atomic E-state index is 11.6. The summed E-state index contributed by atoms with van der Waals surface area (Å²) in [5.41, 5.74) is 1.10. The second kappa shape index (κ2) is 10.1. The molecule has 0 radical (unpaired) electrons. The molecule has 1 N–H and O–H groups in total. The van der Waals surface area contributed by atoms with E-state index >= 15 is 0 Å². The number of likely N-dealkylation sites (tertiary alicyclic amines) is 1. The van der Waals surface area contributed by atoms with Crippen LogP contribution in [0.1, 0.15) is 23.2 Å². The van der Waals surface area contributed by atoms with Gasteiger partial charge in [-0.25, -0.2) is 4.79 Å². The molecule has 31 heavy (non-hydrogen) atoms. The van der Waals surface area contributed by atoms with E-state index in [0.717, 1.165) is 43.9 Å². The number of piperidine rings is 1. The first kappa shape index (κ1) is 22.2. The van der Waals surface area contributed by atoms with Gasteiger partial charge >= 0.3 is 5.97 Å². The molecule has 2 aliphatic rings. The summed E-state index contributed by atoms with van der Waals surface area (Å²) in [5, 5.41) is 10.5. The summed E-state index contributed by atoms with van der Waals surface area (Å²) in [6.07, 6.45) is 2.06. The topological polar surface area (TPSA) is 62.2 Å². The molecule has 2 aromatic carbocycles. The van der Waals surface area contributed by atoms with Gasteiger partial charge in [0.15, 0.2) is 0 Å². The van der Waals surface area contributed by atoms with E-state index < -0.39 is 5.97 Å². The van der Waals surface area contributed by atoms with Crippen molar-refractivity contribution in [3.05, 3.63) is 58.1 Å². The number of hydrogen-bond donors (Lipinski definition) is 1. The number of anilines is 1. The zero-order valence-electron chi connectivity index (χ0n) is 17.2. The molecular weight excluding hydrogens is 439 g/mol. The molecule has 0 aliphatic carbocycles. The van der Waals surface area contributed by atoms with Gasteiger partial charge in [-0.05, 0) is 37.1 Å². The zero-order chi connectivity index (χ0) is 21.8. The van der Waals surface area contributed by atoms with Crippen molar-refractivity contribution in [2.45, 2.75) is 25.0 Å². The van der Waals surface area contributed by atoms with Crippen molar-refractivity contribution in [1.82, 2.24) is 4.90 Å². The van der Waals surface area contributed by atoms with Crippen LogP contribution in [0.4, 0.5) is 5.69 Å². The van der Waals surface area contributed by atoms with Gasteiger partial charge in [0.2, 0.25) is 0 Å². The molecule has 1 atom stereocenters. The van der Waals surface area contributed by atoms with Crippen LogP contribution in [0.5, 0.6) is 5.75 Å². The normalized spacial score (nSPS) is 20.6. The van der Waals surface area contributed by atoms with Gasteiger partial charge in [-0.2, -0.15) is 0 Å². The predicted octanol–water partition coefficient (Wildman–Crippen LogP) is 4.44. The Labute approximate surface area is 192 Å². The molecule has 8 heteroatoms. The smallest absolute Gasteiger partial charge is 0.337 e. The number of ether oxygens (including phenoxy) is 2. The zero-order valence-corrected chi connectivity index (χ0v) is 18.7. The lowest BCUT2D eigenvalue weighted by atomic mass is 10.1. The van der Waals surface area contributed by atoms with Gasteiger partial charge in [0, 0.05) is 38.8 Å². The van der Waals surface area contributed by atoms with E-state index in [1.807, 2.05) is 18.2 Å². The molecule has 2 fully saturated rings. The van der Waals surface area contributed by atoms with Gasteiger partial charge in [-0.1, -0.05) is 35.3 Å². The fourth-order valence-corrected chi connectivity index (χ4v) is 4.51. The molecule has 6 nitrogen and oxygen atoms in total.